The molecular formula is C16H15Cl2NO2S. The SMILES string of the molecule is O=S(=O)(Cc1ccc(NC2CC2)c(Cl)c1)c1ccc(Cl)cc1. The predicted octanol–water partition coefficient (Wildman–Crippen LogP) is 4.54. The maximum absolute atomic E-state index is 12.4. The molecule has 0 aromatic heterocycles. The van der Waals surface area contributed by atoms with Gasteiger partial charge in [0.05, 0.1) is 21.4 Å². The lowest BCUT2D eigenvalue weighted by molar-refractivity contribution is 0.595. The normalized spacial score (nSPS) is 14.8. The molecule has 0 atom stereocenters. The van der Waals surface area contributed by atoms with Crippen molar-refractivity contribution >= 4 is 38.7 Å². The summed E-state index contributed by atoms with van der Waals surface area (Å²) >= 11 is 12.0. The maximum Gasteiger partial charge on any atom is 0.182 e. The first-order valence-corrected chi connectivity index (χ1v) is 9.38. The van der Waals surface area contributed by atoms with Crippen LogP contribution in [0.5, 0.6) is 0 Å². The van der Waals surface area contributed by atoms with Gasteiger partial charge in [0.1, 0.15) is 0 Å². The summed E-state index contributed by atoms with van der Waals surface area (Å²) < 4.78 is 24.8. The first-order valence-electron chi connectivity index (χ1n) is 6.97. The molecule has 22 heavy (non-hydrogen) atoms. The third-order valence-electron chi connectivity index (χ3n) is 3.50. The van der Waals surface area contributed by atoms with Gasteiger partial charge in [0.15, 0.2) is 9.84 Å². The van der Waals surface area contributed by atoms with Crippen molar-refractivity contribution in [2.24, 2.45) is 0 Å². The highest BCUT2D eigenvalue weighted by Crippen LogP contribution is 2.30. The number of halogens is 2. The van der Waals surface area contributed by atoms with Crippen molar-refractivity contribution in [3.05, 3.63) is 58.1 Å². The van der Waals surface area contributed by atoms with Crippen molar-refractivity contribution in [3.63, 3.8) is 0 Å². The summed E-state index contributed by atoms with van der Waals surface area (Å²) in [5, 5.41) is 4.38. The van der Waals surface area contributed by atoms with Crippen LogP contribution < -0.4 is 5.32 Å². The Bertz CT molecular complexity index is 784. The average Bonchev–Trinajstić information content (AvgIpc) is 3.26. The van der Waals surface area contributed by atoms with Crippen LogP contribution in [0.4, 0.5) is 5.69 Å². The van der Waals surface area contributed by atoms with Crippen LogP contribution in [-0.4, -0.2) is 14.5 Å². The molecule has 1 N–H and O–H groups in total. The van der Waals surface area contributed by atoms with E-state index in [-0.39, 0.29) is 10.6 Å². The van der Waals surface area contributed by atoms with E-state index < -0.39 is 9.84 Å². The number of rotatable bonds is 5. The summed E-state index contributed by atoms with van der Waals surface area (Å²) in [7, 11) is -3.41. The molecular weight excluding hydrogens is 341 g/mol. The second kappa shape index (κ2) is 6.11. The topological polar surface area (TPSA) is 46.2 Å². The minimum absolute atomic E-state index is 0.0853. The second-order valence-corrected chi connectivity index (χ2v) is 8.28. The number of nitrogens with one attached hydrogen (secondary N) is 1. The Labute approximate surface area is 140 Å². The lowest BCUT2D eigenvalue weighted by atomic mass is 10.2. The molecule has 0 amide bonds. The van der Waals surface area contributed by atoms with E-state index in [1.807, 2.05) is 6.07 Å². The van der Waals surface area contributed by atoms with E-state index in [0.29, 0.717) is 21.7 Å². The van der Waals surface area contributed by atoms with Crippen LogP contribution in [0.2, 0.25) is 10.0 Å². The molecule has 1 saturated carbocycles. The molecule has 2 aromatic carbocycles. The first-order chi connectivity index (χ1) is 10.4. The Morgan fingerprint density at radius 3 is 2.32 bits per heavy atom. The van der Waals surface area contributed by atoms with Gasteiger partial charge in [0, 0.05) is 11.1 Å². The van der Waals surface area contributed by atoms with Gasteiger partial charge in [-0.3, -0.25) is 0 Å². The lowest BCUT2D eigenvalue weighted by Gasteiger charge is -2.10. The minimum atomic E-state index is -3.41. The molecule has 1 aliphatic rings. The third-order valence-corrected chi connectivity index (χ3v) is 5.77. The molecule has 3 nitrogen and oxygen atoms in total. The van der Waals surface area contributed by atoms with Gasteiger partial charge < -0.3 is 5.32 Å². The number of hydrogen-bond acceptors (Lipinski definition) is 3. The van der Waals surface area contributed by atoms with Gasteiger partial charge in [-0.05, 0) is 54.8 Å². The van der Waals surface area contributed by atoms with Crippen molar-refractivity contribution in [1.82, 2.24) is 0 Å². The monoisotopic (exact) mass is 355 g/mol. The molecule has 6 heteroatoms. The fourth-order valence-electron chi connectivity index (χ4n) is 2.16. The zero-order chi connectivity index (χ0) is 15.7. The Morgan fingerprint density at radius 2 is 1.73 bits per heavy atom. The van der Waals surface area contributed by atoms with Crippen LogP contribution in [0.15, 0.2) is 47.4 Å². The van der Waals surface area contributed by atoms with Crippen LogP contribution in [0.1, 0.15) is 18.4 Å². The van der Waals surface area contributed by atoms with E-state index in [1.165, 1.54) is 12.1 Å². The maximum atomic E-state index is 12.4. The minimum Gasteiger partial charge on any atom is -0.381 e. The van der Waals surface area contributed by atoms with Crippen molar-refractivity contribution in [3.8, 4) is 0 Å². The quantitative estimate of drug-likeness (QED) is 0.855. The van der Waals surface area contributed by atoms with E-state index in [9.17, 15) is 8.42 Å². The fourth-order valence-corrected chi connectivity index (χ4v) is 3.88. The zero-order valence-corrected chi connectivity index (χ0v) is 14.0. The van der Waals surface area contributed by atoms with E-state index in [1.54, 1.807) is 24.3 Å². The lowest BCUT2D eigenvalue weighted by Crippen LogP contribution is -2.06. The van der Waals surface area contributed by atoms with Crippen molar-refractivity contribution in [2.75, 3.05) is 5.32 Å². The highest BCUT2D eigenvalue weighted by molar-refractivity contribution is 7.90. The standard InChI is InChI=1S/C16H15Cl2NO2S/c17-12-2-6-14(7-3-12)22(20,21)10-11-1-8-16(15(18)9-11)19-13-4-5-13/h1-3,6-9,13,19H,4-5,10H2. The fraction of sp³-hybridized carbons (Fsp3) is 0.250. The Balaban J connectivity index is 1.79. The molecule has 116 valence electrons. The molecule has 0 bridgehead atoms. The van der Waals surface area contributed by atoms with Gasteiger partial charge in [-0.1, -0.05) is 29.3 Å². The van der Waals surface area contributed by atoms with Crippen LogP contribution in [-0.2, 0) is 15.6 Å². The van der Waals surface area contributed by atoms with E-state index in [0.717, 1.165) is 18.5 Å². The van der Waals surface area contributed by atoms with Crippen LogP contribution in [0.25, 0.3) is 0 Å². The van der Waals surface area contributed by atoms with Gasteiger partial charge in [0.25, 0.3) is 0 Å². The van der Waals surface area contributed by atoms with Gasteiger partial charge in [-0.2, -0.15) is 0 Å². The van der Waals surface area contributed by atoms with Crippen molar-refractivity contribution in [1.29, 1.82) is 0 Å². The highest BCUT2D eigenvalue weighted by Gasteiger charge is 2.22. The number of benzene rings is 2. The van der Waals surface area contributed by atoms with Crippen molar-refractivity contribution in [2.45, 2.75) is 29.5 Å². The Hall–Kier alpha value is -1.23. The van der Waals surface area contributed by atoms with Crippen LogP contribution >= 0.6 is 23.2 Å². The Kier molecular flexibility index (Phi) is 4.35. The summed E-state index contributed by atoms with van der Waals surface area (Å²) in [6.07, 6.45) is 2.31. The summed E-state index contributed by atoms with van der Waals surface area (Å²) in [6, 6.07) is 12.0. The molecule has 1 aliphatic carbocycles. The van der Waals surface area contributed by atoms with Gasteiger partial charge in [0.2, 0.25) is 0 Å². The number of sulfone groups is 1. The van der Waals surface area contributed by atoms with Gasteiger partial charge >= 0.3 is 0 Å². The summed E-state index contributed by atoms with van der Waals surface area (Å²) in [4.78, 5) is 0.258. The van der Waals surface area contributed by atoms with Crippen molar-refractivity contribution < 1.29 is 8.42 Å². The molecule has 2 aromatic rings. The number of hydrogen-bond donors (Lipinski definition) is 1. The van der Waals surface area contributed by atoms with E-state index in [4.69, 9.17) is 23.2 Å². The zero-order valence-electron chi connectivity index (χ0n) is 11.7. The van der Waals surface area contributed by atoms with Gasteiger partial charge in [-0.15, -0.1) is 0 Å². The summed E-state index contributed by atoms with van der Waals surface area (Å²) in [5.74, 6) is -0.0853. The number of anilines is 1. The Morgan fingerprint density at radius 1 is 1.05 bits per heavy atom. The average molecular weight is 356 g/mol. The largest absolute Gasteiger partial charge is 0.381 e. The third kappa shape index (κ3) is 3.75. The predicted molar refractivity (Wildman–Crippen MR) is 90.4 cm³/mol. The molecule has 0 spiro atoms. The molecule has 0 aliphatic heterocycles. The molecule has 0 unspecified atom stereocenters. The molecule has 1 fully saturated rings. The second-order valence-electron chi connectivity index (χ2n) is 5.45. The summed E-state index contributed by atoms with van der Waals surface area (Å²) in [6.45, 7) is 0. The van der Waals surface area contributed by atoms with Gasteiger partial charge in [-0.25, -0.2) is 8.42 Å². The first kappa shape index (κ1) is 15.7. The smallest absolute Gasteiger partial charge is 0.182 e. The van der Waals surface area contributed by atoms with E-state index >= 15 is 0 Å². The van der Waals surface area contributed by atoms with Crippen LogP contribution in [0, 0.1) is 0 Å². The molecule has 0 radical (unpaired) electrons. The molecule has 0 heterocycles. The molecule has 0 saturated heterocycles. The summed E-state index contributed by atoms with van der Waals surface area (Å²) in [5.41, 5.74) is 1.53. The molecule has 3 rings (SSSR count). The van der Waals surface area contributed by atoms with Crippen LogP contribution in [0.3, 0.4) is 0 Å². The van der Waals surface area contributed by atoms with E-state index in [2.05, 4.69) is 5.32 Å². The highest BCUT2D eigenvalue weighted by atomic mass is 35.5.